The van der Waals surface area contributed by atoms with E-state index in [0.29, 0.717) is 11.3 Å². The Morgan fingerprint density at radius 1 is 1.27 bits per heavy atom. The van der Waals surface area contributed by atoms with Crippen LogP contribution in [0.15, 0.2) is 64.8 Å². The molecule has 132 valence electrons. The Kier molecular flexibility index (Phi) is 5.75. The van der Waals surface area contributed by atoms with Crippen molar-refractivity contribution in [1.82, 2.24) is 0 Å². The van der Waals surface area contributed by atoms with Gasteiger partial charge in [0.15, 0.2) is 0 Å². The van der Waals surface area contributed by atoms with E-state index in [1.165, 1.54) is 24.3 Å². The van der Waals surface area contributed by atoms with E-state index in [9.17, 15) is 25.3 Å². The summed E-state index contributed by atoms with van der Waals surface area (Å²) in [6.45, 7) is 1.72. The maximum atomic E-state index is 11.9. The van der Waals surface area contributed by atoms with Crippen LogP contribution in [0.4, 0.5) is 11.4 Å². The Hall–Kier alpha value is -3.60. The molecule has 1 N–H and O–H groups in total. The van der Waals surface area contributed by atoms with E-state index in [2.05, 4.69) is 10.2 Å². The molecule has 0 fully saturated rings. The van der Waals surface area contributed by atoms with Gasteiger partial charge in [-0.2, -0.15) is 15.5 Å². The fourth-order valence-electron chi connectivity index (χ4n) is 2.64. The van der Waals surface area contributed by atoms with Crippen molar-refractivity contribution in [3.05, 3.63) is 70.3 Å². The zero-order valence-electron chi connectivity index (χ0n) is 13.9. The number of azo groups is 1. The zero-order chi connectivity index (χ0) is 19.2. The van der Waals surface area contributed by atoms with Gasteiger partial charge in [-0.25, -0.2) is 4.79 Å². The van der Waals surface area contributed by atoms with Crippen LogP contribution in [0.25, 0.3) is 0 Å². The van der Waals surface area contributed by atoms with Gasteiger partial charge in [-0.15, -0.1) is 0 Å². The van der Waals surface area contributed by atoms with E-state index in [1.807, 2.05) is 0 Å². The van der Waals surface area contributed by atoms with Gasteiger partial charge in [0, 0.05) is 18.1 Å². The number of aliphatic carboxylic acids is 1. The molecule has 2 unspecified atom stereocenters. The number of carboxylic acids is 1. The summed E-state index contributed by atoms with van der Waals surface area (Å²) < 4.78 is 0. The number of nitro groups is 1. The van der Waals surface area contributed by atoms with Crippen molar-refractivity contribution < 1.29 is 14.8 Å². The van der Waals surface area contributed by atoms with Crippen molar-refractivity contribution in [1.29, 1.82) is 5.26 Å². The normalized spacial score (nSPS) is 14.3. The first-order chi connectivity index (χ1) is 12.4. The van der Waals surface area contributed by atoms with Gasteiger partial charge in [0.2, 0.25) is 0 Å². The molecule has 2 atom stereocenters. The van der Waals surface area contributed by atoms with Crippen LogP contribution in [0.3, 0.4) is 0 Å². The van der Waals surface area contributed by atoms with Crippen molar-refractivity contribution in [2.24, 2.45) is 10.2 Å². The Bertz CT molecular complexity index is 859. The SMILES string of the molecule is CCC(c1ccc([N+](=O)[O-])cc1)C(C#N)(N=Nc1ccccc1)C(=O)O. The summed E-state index contributed by atoms with van der Waals surface area (Å²) in [6.07, 6.45) is 0.283. The molecule has 0 aliphatic rings. The molecule has 0 saturated heterocycles. The Balaban J connectivity index is 2.49. The first-order valence-electron chi connectivity index (χ1n) is 7.81. The molecule has 26 heavy (non-hydrogen) atoms. The minimum absolute atomic E-state index is 0.118. The second-order valence-corrected chi connectivity index (χ2v) is 5.53. The highest BCUT2D eigenvalue weighted by atomic mass is 16.6. The Labute approximate surface area is 149 Å². The number of nitro benzene ring substituents is 1. The van der Waals surface area contributed by atoms with E-state index in [-0.39, 0.29) is 12.1 Å². The summed E-state index contributed by atoms with van der Waals surface area (Å²) in [5.74, 6) is -2.25. The topological polar surface area (TPSA) is 129 Å². The third kappa shape index (κ3) is 3.72. The highest BCUT2D eigenvalue weighted by Gasteiger charge is 2.47. The molecular weight excluding hydrogens is 336 g/mol. The maximum absolute atomic E-state index is 11.9. The summed E-state index contributed by atoms with van der Waals surface area (Å²) in [6, 6.07) is 15.7. The van der Waals surface area contributed by atoms with Crippen molar-refractivity contribution in [2.75, 3.05) is 0 Å². The fourth-order valence-corrected chi connectivity index (χ4v) is 2.64. The standard InChI is InChI=1S/C18H16N4O4/c1-2-16(13-8-10-15(11-9-13)22(25)26)18(12-19,17(23)24)21-20-14-6-4-3-5-7-14/h3-11,16H,2H2,1H3,(H,23,24). The molecule has 0 heterocycles. The Morgan fingerprint density at radius 3 is 2.35 bits per heavy atom. The van der Waals surface area contributed by atoms with Crippen LogP contribution < -0.4 is 0 Å². The van der Waals surface area contributed by atoms with Crippen LogP contribution in [0.2, 0.25) is 0 Å². The number of hydrogen-bond donors (Lipinski definition) is 1. The summed E-state index contributed by atoms with van der Waals surface area (Å²) in [4.78, 5) is 22.2. The summed E-state index contributed by atoms with van der Waals surface area (Å²) in [5, 5.41) is 38.0. The van der Waals surface area contributed by atoms with Gasteiger partial charge in [0.1, 0.15) is 6.07 Å². The second-order valence-electron chi connectivity index (χ2n) is 5.53. The molecular formula is C18H16N4O4. The third-order valence-electron chi connectivity index (χ3n) is 3.99. The van der Waals surface area contributed by atoms with E-state index in [4.69, 9.17) is 0 Å². The van der Waals surface area contributed by atoms with Gasteiger partial charge in [0.25, 0.3) is 11.2 Å². The first-order valence-corrected chi connectivity index (χ1v) is 7.81. The molecule has 0 bridgehead atoms. The predicted octanol–water partition coefficient (Wildman–Crippen LogP) is 4.22. The summed E-state index contributed by atoms with van der Waals surface area (Å²) in [5.41, 5.74) is -1.37. The summed E-state index contributed by atoms with van der Waals surface area (Å²) >= 11 is 0. The molecule has 0 radical (unpaired) electrons. The highest BCUT2D eigenvalue weighted by Crippen LogP contribution is 2.36. The van der Waals surface area contributed by atoms with E-state index in [1.54, 1.807) is 43.3 Å². The van der Waals surface area contributed by atoms with E-state index in [0.717, 1.165) is 0 Å². The van der Waals surface area contributed by atoms with Gasteiger partial charge in [0.05, 0.1) is 10.6 Å². The lowest BCUT2D eigenvalue weighted by Crippen LogP contribution is -2.41. The largest absolute Gasteiger partial charge is 0.479 e. The van der Waals surface area contributed by atoms with E-state index >= 15 is 0 Å². The molecule has 0 spiro atoms. The molecule has 8 heteroatoms. The number of hydrogen-bond acceptors (Lipinski definition) is 6. The maximum Gasteiger partial charge on any atom is 0.349 e. The molecule has 0 aliphatic heterocycles. The fraction of sp³-hybridized carbons (Fsp3) is 0.222. The number of nitriles is 1. The summed E-state index contributed by atoms with van der Waals surface area (Å²) in [7, 11) is 0. The molecule has 2 aromatic carbocycles. The van der Waals surface area contributed by atoms with Crippen molar-refractivity contribution in [2.45, 2.75) is 24.8 Å². The van der Waals surface area contributed by atoms with Gasteiger partial charge < -0.3 is 5.11 Å². The van der Waals surface area contributed by atoms with Crippen LogP contribution in [0, 0.1) is 21.4 Å². The second kappa shape index (κ2) is 7.98. The number of carboxylic acid groups (broad SMARTS) is 1. The van der Waals surface area contributed by atoms with Gasteiger partial charge in [-0.3, -0.25) is 10.1 Å². The molecule has 2 rings (SSSR count). The van der Waals surface area contributed by atoms with Gasteiger partial charge in [-0.05, 0) is 24.1 Å². The Morgan fingerprint density at radius 2 is 1.88 bits per heavy atom. The van der Waals surface area contributed by atoms with Crippen molar-refractivity contribution in [3.63, 3.8) is 0 Å². The monoisotopic (exact) mass is 352 g/mol. The number of benzene rings is 2. The molecule has 0 aliphatic carbocycles. The van der Waals surface area contributed by atoms with Crippen LogP contribution in [0.1, 0.15) is 24.8 Å². The minimum Gasteiger partial charge on any atom is -0.479 e. The molecule has 2 aromatic rings. The minimum atomic E-state index is -2.14. The molecule has 0 aromatic heterocycles. The predicted molar refractivity (Wildman–Crippen MR) is 93.1 cm³/mol. The lowest BCUT2D eigenvalue weighted by Gasteiger charge is -2.26. The molecule has 0 amide bonds. The zero-order valence-corrected chi connectivity index (χ0v) is 13.9. The van der Waals surface area contributed by atoms with Crippen LogP contribution in [0.5, 0.6) is 0 Å². The highest BCUT2D eigenvalue weighted by molar-refractivity contribution is 5.84. The molecule has 8 nitrogen and oxygen atoms in total. The number of carbonyl (C=O) groups is 1. The first kappa shape index (κ1) is 18.7. The van der Waals surface area contributed by atoms with Crippen LogP contribution in [-0.4, -0.2) is 21.5 Å². The van der Waals surface area contributed by atoms with Crippen LogP contribution >= 0.6 is 0 Å². The smallest absolute Gasteiger partial charge is 0.349 e. The molecule has 0 saturated carbocycles. The van der Waals surface area contributed by atoms with Gasteiger partial charge >= 0.3 is 5.97 Å². The third-order valence-corrected chi connectivity index (χ3v) is 3.99. The van der Waals surface area contributed by atoms with Crippen molar-refractivity contribution in [3.8, 4) is 6.07 Å². The number of rotatable bonds is 7. The number of non-ortho nitro benzene ring substituents is 1. The van der Waals surface area contributed by atoms with Crippen molar-refractivity contribution >= 4 is 17.3 Å². The van der Waals surface area contributed by atoms with E-state index < -0.39 is 22.3 Å². The average molecular weight is 352 g/mol. The lowest BCUT2D eigenvalue weighted by molar-refractivity contribution is -0.384. The van der Waals surface area contributed by atoms with Gasteiger partial charge in [-0.1, -0.05) is 37.3 Å². The van der Waals surface area contributed by atoms with Crippen LogP contribution in [-0.2, 0) is 4.79 Å². The average Bonchev–Trinajstić information content (AvgIpc) is 2.66. The number of nitrogens with zero attached hydrogens (tertiary/aromatic N) is 4. The quantitative estimate of drug-likeness (QED) is 0.453. The lowest BCUT2D eigenvalue weighted by atomic mass is 9.79.